The highest BCUT2D eigenvalue weighted by Gasteiger charge is 2.22. The summed E-state index contributed by atoms with van der Waals surface area (Å²) in [5, 5.41) is 0. The Morgan fingerprint density at radius 2 is 2.25 bits per heavy atom. The van der Waals surface area contributed by atoms with Gasteiger partial charge in [0.2, 0.25) is 5.91 Å². The molecule has 0 bridgehead atoms. The Bertz CT molecular complexity index is 399. The summed E-state index contributed by atoms with van der Waals surface area (Å²) in [6.45, 7) is 6.98. The lowest BCUT2D eigenvalue weighted by molar-refractivity contribution is -0.130. The van der Waals surface area contributed by atoms with E-state index in [0.29, 0.717) is 24.1 Å². The lowest BCUT2D eigenvalue weighted by atomic mass is 9.89. The molecule has 0 aromatic carbocycles. The van der Waals surface area contributed by atoms with Crippen molar-refractivity contribution in [2.24, 2.45) is 22.6 Å². The lowest BCUT2D eigenvalue weighted by Crippen LogP contribution is -2.33. The third kappa shape index (κ3) is 5.59. The van der Waals surface area contributed by atoms with E-state index < -0.39 is 0 Å². The number of hydrogen-bond acceptors (Lipinski definition) is 3. The van der Waals surface area contributed by atoms with E-state index >= 15 is 0 Å². The molecule has 1 rings (SSSR count). The van der Waals surface area contributed by atoms with Gasteiger partial charge in [-0.15, -0.1) is 0 Å². The Kier molecular flexibility index (Phi) is 7.05. The summed E-state index contributed by atoms with van der Waals surface area (Å²) >= 11 is 0. The molecule has 112 valence electrons. The first-order valence-corrected chi connectivity index (χ1v) is 7.48. The first-order valence-electron chi connectivity index (χ1n) is 7.48. The van der Waals surface area contributed by atoms with Gasteiger partial charge in [0.05, 0.1) is 0 Å². The molecule has 0 radical (unpaired) electrons. The molecule has 4 heteroatoms. The van der Waals surface area contributed by atoms with Gasteiger partial charge in [-0.25, -0.2) is 4.99 Å². The van der Waals surface area contributed by atoms with Crippen molar-refractivity contribution in [3.05, 3.63) is 24.2 Å². The van der Waals surface area contributed by atoms with Crippen molar-refractivity contribution < 1.29 is 4.79 Å². The zero-order valence-electron chi connectivity index (χ0n) is 12.9. The Morgan fingerprint density at radius 3 is 2.90 bits per heavy atom. The summed E-state index contributed by atoms with van der Waals surface area (Å²) < 4.78 is 0. The van der Waals surface area contributed by atoms with Gasteiger partial charge in [0.25, 0.3) is 0 Å². The van der Waals surface area contributed by atoms with Gasteiger partial charge in [0.15, 0.2) is 0 Å². The number of carbonyl (C=O) groups excluding carboxylic acids is 1. The van der Waals surface area contributed by atoms with E-state index in [2.05, 4.69) is 18.8 Å². The van der Waals surface area contributed by atoms with Gasteiger partial charge in [0, 0.05) is 25.4 Å². The molecule has 1 aliphatic rings. The first kappa shape index (κ1) is 16.5. The summed E-state index contributed by atoms with van der Waals surface area (Å²) in [4.78, 5) is 18.1. The number of nitrogens with two attached hydrogens (primary N) is 1. The Hall–Kier alpha value is -1.58. The molecule has 0 saturated carbocycles. The van der Waals surface area contributed by atoms with Crippen LogP contribution in [-0.4, -0.2) is 23.6 Å². The lowest BCUT2D eigenvalue weighted by Gasteiger charge is -2.28. The van der Waals surface area contributed by atoms with E-state index in [0.717, 1.165) is 13.0 Å². The molecule has 20 heavy (non-hydrogen) atoms. The number of hydrogen-bond donors (Lipinski definition) is 1. The SMILES string of the molecule is C\C=N/C(N)=C\C=C\N1CC(C)CCC(CC)CC1=O. The maximum absolute atomic E-state index is 12.3. The fourth-order valence-corrected chi connectivity index (χ4v) is 2.45. The van der Waals surface area contributed by atoms with Crippen molar-refractivity contribution in [1.29, 1.82) is 0 Å². The normalized spacial score (nSPS) is 26.2. The molecule has 1 aliphatic heterocycles. The van der Waals surface area contributed by atoms with Crippen LogP contribution in [0.15, 0.2) is 29.2 Å². The maximum atomic E-state index is 12.3. The van der Waals surface area contributed by atoms with Crippen molar-refractivity contribution in [1.82, 2.24) is 4.90 Å². The van der Waals surface area contributed by atoms with Crippen LogP contribution in [0.2, 0.25) is 0 Å². The Labute approximate surface area is 122 Å². The largest absolute Gasteiger partial charge is 0.384 e. The Balaban J connectivity index is 2.72. The topological polar surface area (TPSA) is 58.7 Å². The molecule has 2 unspecified atom stereocenters. The molecular formula is C16H27N3O. The number of likely N-dealkylation sites (tertiary alicyclic amines) is 1. The molecule has 1 heterocycles. The minimum absolute atomic E-state index is 0.214. The van der Waals surface area contributed by atoms with Crippen LogP contribution < -0.4 is 5.73 Å². The number of rotatable bonds is 4. The van der Waals surface area contributed by atoms with Crippen LogP contribution >= 0.6 is 0 Å². The van der Waals surface area contributed by atoms with Crippen molar-refractivity contribution >= 4 is 12.1 Å². The highest BCUT2D eigenvalue weighted by molar-refractivity contribution is 5.77. The second-order valence-electron chi connectivity index (χ2n) is 5.53. The van der Waals surface area contributed by atoms with Crippen LogP contribution in [0.1, 0.15) is 46.5 Å². The quantitative estimate of drug-likeness (QED) is 0.634. The van der Waals surface area contributed by atoms with Crippen molar-refractivity contribution in [2.75, 3.05) is 6.54 Å². The average Bonchev–Trinajstić information content (AvgIpc) is 2.40. The van der Waals surface area contributed by atoms with Gasteiger partial charge >= 0.3 is 0 Å². The van der Waals surface area contributed by atoms with E-state index in [1.54, 1.807) is 18.4 Å². The number of nitrogens with zero attached hydrogens (tertiary/aromatic N) is 2. The number of allylic oxidation sites excluding steroid dienone is 2. The zero-order valence-corrected chi connectivity index (χ0v) is 12.9. The zero-order chi connectivity index (χ0) is 15.0. The van der Waals surface area contributed by atoms with Crippen LogP contribution in [0.4, 0.5) is 0 Å². The van der Waals surface area contributed by atoms with Gasteiger partial charge in [-0.2, -0.15) is 0 Å². The van der Waals surface area contributed by atoms with Gasteiger partial charge < -0.3 is 10.6 Å². The number of aliphatic imine (C=N–C) groups is 1. The molecule has 0 spiro atoms. The van der Waals surface area contributed by atoms with Crippen molar-refractivity contribution in [3.8, 4) is 0 Å². The Morgan fingerprint density at radius 1 is 1.50 bits per heavy atom. The predicted molar refractivity (Wildman–Crippen MR) is 84.1 cm³/mol. The van der Waals surface area contributed by atoms with Crippen LogP contribution in [0.3, 0.4) is 0 Å². The monoisotopic (exact) mass is 277 g/mol. The average molecular weight is 277 g/mol. The van der Waals surface area contributed by atoms with Crippen LogP contribution in [0.25, 0.3) is 0 Å². The van der Waals surface area contributed by atoms with Gasteiger partial charge in [-0.3, -0.25) is 4.79 Å². The second-order valence-corrected chi connectivity index (χ2v) is 5.53. The van der Waals surface area contributed by atoms with Crippen molar-refractivity contribution in [3.63, 3.8) is 0 Å². The molecule has 4 nitrogen and oxygen atoms in total. The molecule has 1 fully saturated rings. The highest BCUT2D eigenvalue weighted by Crippen LogP contribution is 2.24. The molecule has 2 N–H and O–H groups in total. The van der Waals surface area contributed by atoms with E-state index in [-0.39, 0.29) is 5.91 Å². The third-order valence-electron chi connectivity index (χ3n) is 3.75. The van der Waals surface area contributed by atoms with Crippen molar-refractivity contribution in [2.45, 2.75) is 46.5 Å². The third-order valence-corrected chi connectivity index (χ3v) is 3.75. The van der Waals surface area contributed by atoms with Gasteiger partial charge in [-0.1, -0.05) is 20.3 Å². The standard InChI is InChI=1S/C16H27N3O/c1-4-14-9-8-13(3)12-19(16(20)11-14)10-6-7-15(17)18-5-2/h5-7,10,13-14H,4,8-9,11-12,17H2,1-3H3/b10-6+,15-7-,18-5-. The smallest absolute Gasteiger partial charge is 0.226 e. The minimum Gasteiger partial charge on any atom is -0.384 e. The molecule has 0 aromatic heterocycles. The number of carbonyl (C=O) groups is 1. The van der Waals surface area contributed by atoms with E-state index in [9.17, 15) is 4.79 Å². The summed E-state index contributed by atoms with van der Waals surface area (Å²) in [5.41, 5.74) is 5.67. The molecule has 1 amide bonds. The fraction of sp³-hybridized carbons (Fsp3) is 0.625. The summed E-state index contributed by atoms with van der Waals surface area (Å²) in [7, 11) is 0. The maximum Gasteiger partial charge on any atom is 0.226 e. The van der Waals surface area contributed by atoms with E-state index in [4.69, 9.17) is 5.73 Å². The first-order chi connectivity index (χ1) is 9.56. The molecular weight excluding hydrogens is 250 g/mol. The number of amides is 1. The van der Waals surface area contributed by atoms with Crippen LogP contribution in [0.5, 0.6) is 0 Å². The molecule has 0 aliphatic carbocycles. The summed E-state index contributed by atoms with van der Waals surface area (Å²) in [6.07, 6.45) is 11.1. The van der Waals surface area contributed by atoms with E-state index in [1.165, 1.54) is 12.8 Å². The fourth-order valence-electron chi connectivity index (χ4n) is 2.45. The summed E-state index contributed by atoms with van der Waals surface area (Å²) in [5.74, 6) is 1.72. The van der Waals surface area contributed by atoms with Crippen LogP contribution in [0, 0.1) is 11.8 Å². The van der Waals surface area contributed by atoms with Crippen LogP contribution in [-0.2, 0) is 4.79 Å². The molecule has 2 atom stereocenters. The summed E-state index contributed by atoms with van der Waals surface area (Å²) in [6, 6.07) is 0. The highest BCUT2D eigenvalue weighted by atomic mass is 16.2. The van der Waals surface area contributed by atoms with Gasteiger partial charge in [-0.05, 0) is 43.8 Å². The van der Waals surface area contributed by atoms with E-state index in [1.807, 2.05) is 18.0 Å². The predicted octanol–water partition coefficient (Wildman–Crippen LogP) is 3.07. The second kappa shape index (κ2) is 8.56. The van der Waals surface area contributed by atoms with Gasteiger partial charge in [0.1, 0.15) is 5.82 Å². The molecule has 1 saturated heterocycles. The minimum atomic E-state index is 0.214. The molecule has 0 aromatic rings.